The number of hydrogen-bond donors (Lipinski definition) is 0. The van der Waals surface area contributed by atoms with Gasteiger partial charge in [-0.05, 0) is 58.7 Å². The van der Waals surface area contributed by atoms with E-state index in [0.29, 0.717) is 0 Å². The maximum Gasteiger partial charge on any atom is -0.0148 e. The predicted octanol–water partition coefficient (Wildman–Crippen LogP) is 7.69. The van der Waals surface area contributed by atoms with E-state index in [-0.39, 0.29) is 0 Å². The van der Waals surface area contributed by atoms with Gasteiger partial charge < -0.3 is 0 Å². The molecule has 0 radical (unpaired) electrons. The zero-order valence-electron chi connectivity index (χ0n) is 15.6. The molecule has 0 aromatic heterocycles. The van der Waals surface area contributed by atoms with Crippen LogP contribution in [0.1, 0.15) is 52.7 Å². The maximum atomic E-state index is 2.30. The van der Waals surface area contributed by atoms with E-state index in [0.717, 1.165) is 0 Å². The van der Waals surface area contributed by atoms with Crippen LogP contribution in [0.5, 0.6) is 0 Å². The number of rotatable bonds is 0. The molecule has 0 fully saturated rings. The first kappa shape index (κ1) is 20.2. The summed E-state index contributed by atoms with van der Waals surface area (Å²) in [6.45, 7) is 16.3. The average Bonchev–Trinajstić information content (AvgIpc) is 2.60. The summed E-state index contributed by atoms with van der Waals surface area (Å²) in [6.07, 6.45) is 0. The quantitative estimate of drug-likeness (QED) is 0.373. The molecule has 0 amide bonds. The van der Waals surface area contributed by atoms with Crippen molar-refractivity contribution in [2.45, 2.75) is 55.4 Å². The molecule has 0 N–H and O–H groups in total. The van der Waals surface area contributed by atoms with Gasteiger partial charge in [-0.2, -0.15) is 0 Å². The molecule has 0 saturated heterocycles. The summed E-state index contributed by atoms with van der Waals surface area (Å²) in [4.78, 5) is 0. The molecule has 3 aromatic carbocycles. The van der Waals surface area contributed by atoms with Crippen LogP contribution in [0.2, 0.25) is 0 Å². The molecular formula is C22H32. The Hall–Kier alpha value is -1.82. The van der Waals surface area contributed by atoms with Crippen LogP contribution in [0.25, 0.3) is 21.5 Å². The molecule has 0 aliphatic rings. The first-order chi connectivity index (χ1) is 10.8. The second kappa shape index (κ2) is 10.8. The molecule has 3 rings (SSSR count). The van der Waals surface area contributed by atoms with Gasteiger partial charge in [0.25, 0.3) is 0 Å². The molecule has 22 heavy (non-hydrogen) atoms. The molecule has 0 aliphatic heterocycles. The molecule has 0 bridgehead atoms. The summed E-state index contributed by atoms with van der Waals surface area (Å²) in [5.74, 6) is 0. The van der Waals surface area contributed by atoms with Crippen LogP contribution < -0.4 is 0 Å². The SMILES string of the molecule is CC.CC.CC.Cc1cccc2cc3c(C)cccc3cc12. The number of fused-ring (bicyclic) bond motifs is 2. The maximum absolute atomic E-state index is 2.30. The molecule has 0 heterocycles. The van der Waals surface area contributed by atoms with Crippen molar-refractivity contribution < 1.29 is 0 Å². The Morgan fingerprint density at radius 1 is 0.500 bits per heavy atom. The molecule has 0 unspecified atom stereocenters. The lowest BCUT2D eigenvalue weighted by Gasteiger charge is -2.06. The third kappa shape index (κ3) is 4.59. The first-order valence-electron chi connectivity index (χ1n) is 8.64. The molecule has 0 aliphatic carbocycles. The Morgan fingerprint density at radius 2 is 0.818 bits per heavy atom. The summed E-state index contributed by atoms with van der Waals surface area (Å²) in [7, 11) is 0. The summed E-state index contributed by atoms with van der Waals surface area (Å²) < 4.78 is 0. The monoisotopic (exact) mass is 296 g/mol. The summed E-state index contributed by atoms with van der Waals surface area (Å²) in [6, 6.07) is 17.6. The summed E-state index contributed by atoms with van der Waals surface area (Å²) >= 11 is 0. The topological polar surface area (TPSA) is 0 Å². The third-order valence-corrected chi connectivity index (χ3v) is 3.32. The Kier molecular flexibility index (Phi) is 9.95. The molecule has 0 spiro atoms. The summed E-state index contributed by atoms with van der Waals surface area (Å²) in [5.41, 5.74) is 2.70. The Morgan fingerprint density at radius 3 is 1.14 bits per heavy atom. The van der Waals surface area contributed by atoms with E-state index in [4.69, 9.17) is 0 Å². The number of hydrogen-bond acceptors (Lipinski definition) is 0. The molecular weight excluding hydrogens is 264 g/mol. The van der Waals surface area contributed by atoms with Gasteiger partial charge in [0.05, 0.1) is 0 Å². The fourth-order valence-corrected chi connectivity index (χ4v) is 2.36. The van der Waals surface area contributed by atoms with Crippen LogP contribution >= 0.6 is 0 Å². The van der Waals surface area contributed by atoms with Crippen molar-refractivity contribution in [3.8, 4) is 0 Å². The van der Waals surface area contributed by atoms with Crippen molar-refractivity contribution in [3.63, 3.8) is 0 Å². The Bertz CT molecular complexity index is 616. The standard InChI is InChI=1S/C16H14.3C2H6/c1-11-5-3-7-13-10-16-12(2)6-4-8-14(16)9-15(11)13;3*1-2/h3-10H,1-2H3;3*1-2H3. The van der Waals surface area contributed by atoms with Crippen molar-refractivity contribution in [1.29, 1.82) is 0 Å². The number of benzene rings is 3. The minimum atomic E-state index is 1.34. The van der Waals surface area contributed by atoms with Gasteiger partial charge in [-0.25, -0.2) is 0 Å². The Balaban J connectivity index is 0.000000661. The van der Waals surface area contributed by atoms with Crippen LogP contribution in [0.3, 0.4) is 0 Å². The fraction of sp³-hybridized carbons (Fsp3) is 0.364. The lowest BCUT2D eigenvalue weighted by atomic mass is 9.98. The third-order valence-electron chi connectivity index (χ3n) is 3.32. The van der Waals surface area contributed by atoms with E-state index in [1.807, 2.05) is 41.5 Å². The van der Waals surface area contributed by atoms with Gasteiger partial charge in [-0.3, -0.25) is 0 Å². The van der Waals surface area contributed by atoms with Gasteiger partial charge in [0.2, 0.25) is 0 Å². The van der Waals surface area contributed by atoms with Gasteiger partial charge in [0, 0.05) is 0 Å². The van der Waals surface area contributed by atoms with Crippen molar-refractivity contribution >= 4 is 21.5 Å². The smallest absolute Gasteiger partial charge is 0.0148 e. The van der Waals surface area contributed by atoms with Gasteiger partial charge in [0.15, 0.2) is 0 Å². The van der Waals surface area contributed by atoms with Gasteiger partial charge in [-0.15, -0.1) is 0 Å². The normalized spacial score (nSPS) is 8.91. The van der Waals surface area contributed by atoms with E-state index < -0.39 is 0 Å². The summed E-state index contributed by atoms with van der Waals surface area (Å²) in [5, 5.41) is 5.39. The molecule has 0 nitrogen and oxygen atoms in total. The zero-order chi connectivity index (χ0) is 17.1. The van der Waals surface area contributed by atoms with E-state index in [1.54, 1.807) is 0 Å². The van der Waals surface area contributed by atoms with E-state index in [9.17, 15) is 0 Å². The second-order valence-corrected chi connectivity index (χ2v) is 4.44. The molecule has 0 saturated carbocycles. The van der Waals surface area contributed by atoms with Crippen LogP contribution in [-0.2, 0) is 0 Å². The molecule has 0 heteroatoms. The van der Waals surface area contributed by atoms with Crippen molar-refractivity contribution in [2.75, 3.05) is 0 Å². The van der Waals surface area contributed by atoms with Gasteiger partial charge in [0.1, 0.15) is 0 Å². The first-order valence-corrected chi connectivity index (χ1v) is 8.64. The van der Waals surface area contributed by atoms with Crippen molar-refractivity contribution in [2.24, 2.45) is 0 Å². The minimum Gasteiger partial charge on any atom is -0.0683 e. The Labute approximate surface area is 137 Å². The minimum absolute atomic E-state index is 1.34. The average molecular weight is 296 g/mol. The molecule has 3 aromatic rings. The highest BCUT2D eigenvalue weighted by atomic mass is 14.1. The van der Waals surface area contributed by atoms with Crippen LogP contribution in [-0.4, -0.2) is 0 Å². The zero-order valence-corrected chi connectivity index (χ0v) is 15.6. The highest BCUT2D eigenvalue weighted by Gasteiger charge is 2.01. The largest absolute Gasteiger partial charge is 0.0683 e. The molecule has 0 atom stereocenters. The van der Waals surface area contributed by atoms with Gasteiger partial charge in [-0.1, -0.05) is 77.9 Å². The molecule has 120 valence electrons. The van der Waals surface area contributed by atoms with Crippen molar-refractivity contribution in [3.05, 3.63) is 59.7 Å². The van der Waals surface area contributed by atoms with Crippen LogP contribution in [0, 0.1) is 13.8 Å². The van der Waals surface area contributed by atoms with Crippen molar-refractivity contribution in [1.82, 2.24) is 0 Å². The predicted molar refractivity (Wildman–Crippen MR) is 105 cm³/mol. The van der Waals surface area contributed by atoms with Crippen LogP contribution in [0.4, 0.5) is 0 Å². The number of aryl methyl sites for hydroxylation is 2. The lowest BCUT2D eigenvalue weighted by Crippen LogP contribution is -1.82. The fourth-order valence-electron chi connectivity index (χ4n) is 2.36. The van der Waals surface area contributed by atoms with E-state index >= 15 is 0 Å². The van der Waals surface area contributed by atoms with Crippen LogP contribution in [0.15, 0.2) is 48.5 Å². The lowest BCUT2D eigenvalue weighted by molar-refractivity contribution is 1.50. The second-order valence-electron chi connectivity index (χ2n) is 4.44. The van der Waals surface area contributed by atoms with E-state index in [1.165, 1.54) is 32.7 Å². The highest BCUT2D eigenvalue weighted by Crippen LogP contribution is 2.26. The van der Waals surface area contributed by atoms with E-state index in [2.05, 4.69) is 62.4 Å². The van der Waals surface area contributed by atoms with Gasteiger partial charge >= 0.3 is 0 Å². The highest BCUT2D eigenvalue weighted by molar-refractivity contribution is 6.00.